The first-order valence-corrected chi connectivity index (χ1v) is 15.5. The highest BCUT2D eigenvalue weighted by molar-refractivity contribution is 7.10. The molecule has 2 amide bonds. The number of ether oxygens (including phenoxy) is 1. The van der Waals surface area contributed by atoms with Crippen molar-refractivity contribution in [2.75, 3.05) is 45.9 Å². The molecule has 1 saturated carbocycles. The average molecular weight is 538 g/mol. The van der Waals surface area contributed by atoms with Crippen molar-refractivity contribution in [3.05, 3.63) is 51.7 Å². The fourth-order valence-electron chi connectivity index (χ4n) is 6.22. The van der Waals surface area contributed by atoms with Crippen LogP contribution in [0.3, 0.4) is 0 Å². The van der Waals surface area contributed by atoms with Crippen LogP contribution in [-0.2, 0) is 16.0 Å². The summed E-state index contributed by atoms with van der Waals surface area (Å²) in [7, 11) is 0. The molecule has 0 radical (unpaired) electrons. The molecule has 2 fully saturated rings. The monoisotopic (exact) mass is 537 g/mol. The van der Waals surface area contributed by atoms with E-state index in [1.165, 1.54) is 28.8 Å². The largest absolute Gasteiger partial charge is 0.491 e. The van der Waals surface area contributed by atoms with Crippen LogP contribution in [0.15, 0.2) is 35.7 Å². The van der Waals surface area contributed by atoms with Crippen molar-refractivity contribution in [3.8, 4) is 5.75 Å². The molecule has 1 aliphatic carbocycles. The second-order valence-corrected chi connectivity index (χ2v) is 12.5. The Morgan fingerprint density at radius 2 is 1.76 bits per heavy atom. The van der Waals surface area contributed by atoms with Gasteiger partial charge in [-0.05, 0) is 85.8 Å². The predicted octanol–water partition coefficient (Wildman–Crippen LogP) is 5.49. The van der Waals surface area contributed by atoms with Gasteiger partial charge in [0.15, 0.2) is 0 Å². The van der Waals surface area contributed by atoms with Crippen LogP contribution in [0.25, 0.3) is 0 Å². The molecule has 3 aliphatic rings. The van der Waals surface area contributed by atoms with Crippen molar-refractivity contribution in [3.63, 3.8) is 0 Å². The van der Waals surface area contributed by atoms with Crippen molar-refractivity contribution in [2.45, 2.75) is 70.8 Å². The molecule has 0 bridgehead atoms. The highest BCUT2D eigenvalue weighted by Crippen LogP contribution is 2.34. The smallest absolute Gasteiger partial charge is 0.242 e. The van der Waals surface area contributed by atoms with E-state index < -0.39 is 0 Å². The van der Waals surface area contributed by atoms with Crippen LogP contribution < -0.4 is 4.74 Å². The van der Waals surface area contributed by atoms with Gasteiger partial charge in [-0.2, -0.15) is 0 Å². The van der Waals surface area contributed by atoms with Gasteiger partial charge in [-0.1, -0.05) is 38.8 Å². The lowest BCUT2D eigenvalue weighted by Gasteiger charge is -2.37. The fourth-order valence-corrected chi connectivity index (χ4v) is 7.15. The average Bonchev–Trinajstić information content (AvgIpc) is 3.72. The van der Waals surface area contributed by atoms with Gasteiger partial charge in [0, 0.05) is 30.4 Å². The van der Waals surface area contributed by atoms with E-state index in [0.29, 0.717) is 25.6 Å². The van der Waals surface area contributed by atoms with Crippen LogP contribution in [0.4, 0.5) is 0 Å². The van der Waals surface area contributed by atoms with Gasteiger partial charge >= 0.3 is 0 Å². The quantitative estimate of drug-likeness (QED) is 0.402. The van der Waals surface area contributed by atoms with Gasteiger partial charge in [-0.3, -0.25) is 9.59 Å². The van der Waals surface area contributed by atoms with Crippen molar-refractivity contribution in [1.29, 1.82) is 0 Å². The van der Waals surface area contributed by atoms with E-state index in [9.17, 15) is 9.59 Å². The van der Waals surface area contributed by atoms with Gasteiger partial charge in [-0.15, -0.1) is 11.3 Å². The summed E-state index contributed by atoms with van der Waals surface area (Å²) in [6.45, 7) is 9.33. The Balaban J connectivity index is 1.28. The zero-order valence-electron chi connectivity index (χ0n) is 23.1. The van der Waals surface area contributed by atoms with Crippen molar-refractivity contribution in [1.82, 2.24) is 14.7 Å². The molecule has 6 nitrogen and oxygen atoms in total. The fraction of sp³-hybridized carbons (Fsp3) is 0.613. The molecule has 1 saturated heterocycles. The maximum atomic E-state index is 13.9. The molecule has 1 aromatic heterocycles. The molecule has 1 unspecified atom stereocenters. The molecule has 1 aromatic carbocycles. The van der Waals surface area contributed by atoms with Gasteiger partial charge in [0.25, 0.3) is 0 Å². The molecule has 206 valence electrons. The lowest BCUT2D eigenvalue weighted by molar-refractivity contribution is -0.144. The third kappa shape index (κ3) is 6.42. The summed E-state index contributed by atoms with van der Waals surface area (Å²) in [6, 6.07) is 10.3. The van der Waals surface area contributed by atoms with Crippen LogP contribution in [0.5, 0.6) is 5.75 Å². The normalized spacial score (nSPS) is 20.2. The molecular formula is C31H43N3O3S. The van der Waals surface area contributed by atoms with Crippen LogP contribution in [0, 0.1) is 5.92 Å². The number of benzene rings is 1. The number of carbonyl (C=O) groups excluding carboxylic acids is 2. The van der Waals surface area contributed by atoms with Crippen molar-refractivity contribution < 1.29 is 14.3 Å². The standard InChI is InChI=1S/C31H43N3O3S/c1-23(2)24-9-11-26(12-10-24)37-22-28-27-14-20-38-29(27)13-17-34(28)30(35)21-33(19-18-32-15-5-6-16-32)31(36)25-7-3-4-8-25/h9-12,14,20,23,25,28H,3-8,13,15-19,21-22H2,1-2H3. The molecule has 1 atom stereocenters. The van der Waals surface area contributed by atoms with Gasteiger partial charge in [0.2, 0.25) is 11.8 Å². The topological polar surface area (TPSA) is 53.1 Å². The second-order valence-electron chi connectivity index (χ2n) is 11.5. The Morgan fingerprint density at radius 3 is 2.47 bits per heavy atom. The third-order valence-corrected chi connectivity index (χ3v) is 9.59. The molecule has 38 heavy (non-hydrogen) atoms. The van der Waals surface area contributed by atoms with E-state index in [4.69, 9.17) is 4.74 Å². The van der Waals surface area contributed by atoms with E-state index in [2.05, 4.69) is 42.3 Å². The molecule has 0 spiro atoms. The Bertz CT molecular complexity index is 1070. The summed E-state index contributed by atoms with van der Waals surface area (Å²) in [5.41, 5.74) is 2.48. The van der Waals surface area contributed by atoms with Gasteiger partial charge in [-0.25, -0.2) is 0 Å². The molecule has 3 heterocycles. The van der Waals surface area contributed by atoms with Crippen LogP contribution in [0.2, 0.25) is 0 Å². The molecule has 2 aliphatic heterocycles. The summed E-state index contributed by atoms with van der Waals surface area (Å²) in [6.07, 6.45) is 7.48. The Morgan fingerprint density at radius 1 is 1.03 bits per heavy atom. The molecule has 7 heteroatoms. The summed E-state index contributed by atoms with van der Waals surface area (Å²) in [4.78, 5) is 35.0. The third-order valence-electron chi connectivity index (χ3n) is 8.60. The van der Waals surface area contributed by atoms with Gasteiger partial charge in [0.1, 0.15) is 12.4 Å². The van der Waals surface area contributed by atoms with Crippen LogP contribution in [0.1, 0.15) is 80.3 Å². The maximum absolute atomic E-state index is 13.9. The predicted molar refractivity (Wildman–Crippen MR) is 153 cm³/mol. The molecule has 5 rings (SSSR count). The number of hydrogen-bond acceptors (Lipinski definition) is 5. The Hall–Kier alpha value is -2.38. The number of rotatable bonds is 10. The number of likely N-dealkylation sites (tertiary alicyclic amines) is 1. The van der Waals surface area contributed by atoms with E-state index in [1.54, 1.807) is 11.3 Å². The minimum atomic E-state index is -0.135. The lowest BCUT2D eigenvalue weighted by Crippen LogP contribution is -2.50. The number of carbonyl (C=O) groups is 2. The van der Waals surface area contributed by atoms with Crippen LogP contribution >= 0.6 is 11.3 Å². The van der Waals surface area contributed by atoms with E-state index in [1.807, 2.05) is 21.9 Å². The summed E-state index contributed by atoms with van der Waals surface area (Å²) < 4.78 is 6.26. The molecular weight excluding hydrogens is 494 g/mol. The van der Waals surface area contributed by atoms with E-state index in [0.717, 1.165) is 57.5 Å². The highest BCUT2D eigenvalue weighted by atomic mass is 32.1. The van der Waals surface area contributed by atoms with Gasteiger partial charge in [0.05, 0.1) is 12.6 Å². The van der Waals surface area contributed by atoms with Crippen molar-refractivity contribution >= 4 is 23.2 Å². The zero-order chi connectivity index (χ0) is 26.5. The Kier molecular flexibility index (Phi) is 9.05. The summed E-state index contributed by atoms with van der Waals surface area (Å²) in [5.74, 6) is 1.61. The Labute approximate surface area is 231 Å². The van der Waals surface area contributed by atoms with Crippen LogP contribution in [-0.4, -0.2) is 72.4 Å². The SMILES string of the molecule is CC(C)c1ccc(OCC2c3ccsc3CCN2C(=O)CN(CCN2CCCC2)C(=O)C2CCCC2)cc1. The number of amides is 2. The maximum Gasteiger partial charge on any atom is 0.242 e. The van der Waals surface area contributed by atoms with E-state index >= 15 is 0 Å². The molecule has 0 N–H and O–H groups in total. The highest BCUT2D eigenvalue weighted by Gasteiger charge is 2.35. The van der Waals surface area contributed by atoms with E-state index in [-0.39, 0.29) is 30.3 Å². The molecule has 2 aromatic rings. The van der Waals surface area contributed by atoms with Crippen molar-refractivity contribution in [2.24, 2.45) is 5.92 Å². The van der Waals surface area contributed by atoms with Gasteiger partial charge < -0.3 is 19.4 Å². The second kappa shape index (κ2) is 12.6. The number of hydrogen-bond donors (Lipinski definition) is 0. The summed E-state index contributed by atoms with van der Waals surface area (Å²) in [5, 5.41) is 2.12. The first kappa shape index (κ1) is 27.2. The lowest BCUT2D eigenvalue weighted by atomic mass is 10.00. The summed E-state index contributed by atoms with van der Waals surface area (Å²) >= 11 is 1.76. The minimum absolute atomic E-state index is 0.0402. The first-order chi connectivity index (χ1) is 18.5. The number of thiophene rings is 1. The number of fused-ring (bicyclic) bond motifs is 1. The minimum Gasteiger partial charge on any atom is -0.491 e. The number of nitrogens with zero attached hydrogens (tertiary/aromatic N) is 3. The first-order valence-electron chi connectivity index (χ1n) is 14.6. The zero-order valence-corrected chi connectivity index (χ0v) is 23.9.